The highest BCUT2D eigenvalue weighted by molar-refractivity contribution is 5.82. The molecule has 1 aromatic heterocycles. The molecule has 10 heteroatoms. The molecule has 3 rings (SSSR count). The summed E-state index contributed by atoms with van der Waals surface area (Å²) in [5, 5.41) is 7.33. The van der Waals surface area contributed by atoms with Crippen molar-refractivity contribution in [3.8, 4) is 5.69 Å². The first-order valence-electron chi connectivity index (χ1n) is 6.82. The van der Waals surface area contributed by atoms with E-state index >= 15 is 0 Å². The number of nitrogens with zero attached hydrogens (tertiary/aromatic N) is 5. The van der Waals surface area contributed by atoms with Crippen molar-refractivity contribution >= 4 is 5.91 Å². The Bertz CT molecular complexity index is 768. The number of aromatic nitrogens is 4. The normalized spacial score (nSPS) is 18.7. The highest BCUT2D eigenvalue weighted by Gasteiger charge is 2.41. The first-order chi connectivity index (χ1) is 10.9. The van der Waals surface area contributed by atoms with E-state index in [0.717, 1.165) is 9.36 Å². The van der Waals surface area contributed by atoms with Gasteiger partial charge in [0.25, 0.3) is 0 Å². The van der Waals surface area contributed by atoms with E-state index in [-0.39, 0.29) is 13.0 Å². The average Bonchev–Trinajstić information content (AvgIpc) is 3.03. The van der Waals surface area contributed by atoms with E-state index in [2.05, 4.69) is 10.4 Å². The monoisotopic (exact) mass is 327 g/mol. The van der Waals surface area contributed by atoms with E-state index < -0.39 is 30.4 Å². The molecule has 1 fully saturated rings. The van der Waals surface area contributed by atoms with Crippen molar-refractivity contribution in [1.29, 1.82) is 0 Å². The molecule has 7 nitrogen and oxygen atoms in total. The van der Waals surface area contributed by atoms with Gasteiger partial charge in [-0.05, 0) is 29.0 Å². The summed E-state index contributed by atoms with van der Waals surface area (Å²) in [6, 6.07) is 7.37. The summed E-state index contributed by atoms with van der Waals surface area (Å²) in [6.07, 6.45) is -4.39. The van der Waals surface area contributed by atoms with Crippen LogP contribution in [0, 0.1) is 0 Å². The van der Waals surface area contributed by atoms with Crippen LogP contribution in [0.15, 0.2) is 35.1 Å². The third-order valence-corrected chi connectivity index (χ3v) is 3.54. The Labute approximate surface area is 127 Å². The lowest BCUT2D eigenvalue weighted by molar-refractivity contribution is -0.158. The van der Waals surface area contributed by atoms with Crippen LogP contribution in [0.1, 0.15) is 12.5 Å². The number of likely N-dealkylation sites (tertiary alicyclic amines) is 1. The number of amides is 1. The van der Waals surface area contributed by atoms with Crippen LogP contribution in [0.25, 0.3) is 5.69 Å². The molecule has 1 aliphatic heterocycles. The first-order valence-corrected chi connectivity index (χ1v) is 6.82. The van der Waals surface area contributed by atoms with E-state index in [1.165, 1.54) is 0 Å². The Morgan fingerprint density at radius 2 is 1.83 bits per heavy atom. The Morgan fingerprint density at radius 3 is 2.48 bits per heavy atom. The van der Waals surface area contributed by atoms with Gasteiger partial charge < -0.3 is 4.90 Å². The summed E-state index contributed by atoms with van der Waals surface area (Å²) in [5.41, 5.74) is -0.204. The minimum Gasteiger partial charge on any atom is -0.332 e. The van der Waals surface area contributed by atoms with Gasteiger partial charge in [0.1, 0.15) is 12.6 Å². The number of halogens is 3. The van der Waals surface area contributed by atoms with Crippen molar-refractivity contribution in [1.82, 2.24) is 24.7 Å². The van der Waals surface area contributed by atoms with E-state index in [0.29, 0.717) is 10.6 Å². The van der Waals surface area contributed by atoms with Crippen LogP contribution in [0.4, 0.5) is 13.2 Å². The molecule has 1 saturated heterocycles. The molecule has 1 amide bonds. The fraction of sp³-hybridized carbons (Fsp3) is 0.385. The molecule has 1 aliphatic rings. The number of rotatable bonds is 3. The second-order valence-corrected chi connectivity index (χ2v) is 5.13. The number of benzene rings is 1. The SMILES string of the molecule is O=C1[C@@H](n2nnn(-c3ccccc3)c2=O)CCN1CC(F)(F)F. The van der Waals surface area contributed by atoms with Gasteiger partial charge in [-0.25, -0.2) is 4.79 Å². The van der Waals surface area contributed by atoms with Crippen LogP contribution < -0.4 is 5.69 Å². The maximum absolute atomic E-state index is 12.4. The molecule has 23 heavy (non-hydrogen) atoms. The Hall–Kier alpha value is -2.65. The molecular weight excluding hydrogens is 315 g/mol. The number of hydrogen-bond donors (Lipinski definition) is 0. The number of para-hydroxylation sites is 1. The predicted octanol–water partition coefficient (Wildman–Crippen LogP) is 0.765. The molecule has 2 heterocycles. The third kappa shape index (κ3) is 2.96. The lowest BCUT2D eigenvalue weighted by Gasteiger charge is -2.17. The molecule has 0 unspecified atom stereocenters. The van der Waals surface area contributed by atoms with E-state index in [1.807, 2.05) is 0 Å². The van der Waals surface area contributed by atoms with E-state index in [9.17, 15) is 22.8 Å². The molecule has 122 valence electrons. The Balaban J connectivity index is 1.86. The smallest absolute Gasteiger partial charge is 0.332 e. The zero-order chi connectivity index (χ0) is 16.6. The quantitative estimate of drug-likeness (QED) is 0.834. The van der Waals surface area contributed by atoms with Gasteiger partial charge in [-0.3, -0.25) is 4.79 Å². The van der Waals surface area contributed by atoms with Gasteiger partial charge in [0.15, 0.2) is 0 Å². The molecular formula is C13H12F3N5O2. The molecule has 0 spiro atoms. The van der Waals surface area contributed by atoms with Gasteiger partial charge >= 0.3 is 11.9 Å². The van der Waals surface area contributed by atoms with E-state index in [4.69, 9.17) is 0 Å². The largest absolute Gasteiger partial charge is 0.406 e. The minimum atomic E-state index is -4.48. The van der Waals surface area contributed by atoms with Crippen LogP contribution in [0.2, 0.25) is 0 Å². The fourth-order valence-corrected chi connectivity index (χ4v) is 2.51. The van der Waals surface area contributed by atoms with Crippen LogP contribution >= 0.6 is 0 Å². The van der Waals surface area contributed by atoms with Gasteiger partial charge in [0.2, 0.25) is 5.91 Å². The molecule has 2 aromatic rings. The summed E-state index contributed by atoms with van der Waals surface area (Å²) < 4.78 is 39.1. The molecule has 0 saturated carbocycles. The lowest BCUT2D eigenvalue weighted by Crippen LogP contribution is -2.38. The summed E-state index contributed by atoms with van der Waals surface area (Å²) in [6.45, 7) is -1.41. The summed E-state index contributed by atoms with van der Waals surface area (Å²) in [7, 11) is 0. The van der Waals surface area contributed by atoms with Crippen molar-refractivity contribution in [2.45, 2.75) is 18.6 Å². The maximum atomic E-state index is 12.4. The number of hydrogen-bond acceptors (Lipinski definition) is 4. The third-order valence-electron chi connectivity index (χ3n) is 3.54. The Kier molecular flexibility index (Phi) is 3.66. The number of carbonyl (C=O) groups excluding carboxylic acids is 1. The Morgan fingerprint density at radius 1 is 1.13 bits per heavy atom. The van der Waals surface area contributed by atoms with Crippen molar-refractivity contribution in [2.24, 2.45) is 0 Å². The second-order valence-electron chi connectivity index (χ2n) is 5.13. The van der Waals surface area contributed by atoms with Gasteiger partial charge in [-0.2, -0.15) is 22.5 Å². The van der Waals surface area contributed by atoms with E-state index in [1.54, 1.807) is 30.3 Å². The highest BCUT2D eigenvalue weighted by atomic mass is 19.4. The molecule has 1 aromatic carbocycles. The molecule has 1 atom stereocenters. The minimum absolute atomic E-state index is 0.0757. The van der Waals surface area contributed by atoms with Crippen LogP contribution in [-0.4, -0.2) is 49.9 Å². The van der Waals surface area contributed by atoms with Gasteiger partial charge in [-0.1, -0.05) is 18.2 Å². The van der Waals surface area contributed by atoms with Crippen molar-refractivity contribution < 1.29 is 18.0 Å². The van der Waals surface area contributed by atoms with Crippen molar-refractivity contribution in [3.05, 3.63) is 40.8 Å². The van der Waals surface area contributed by atoms with Crippen LogP contribution in [0.3, 0.4) is 0 Å². The molecule has 0 radical (unpaired) electrons. The summed E-state index contributed by atoms with van der Waals surface area (Å²) in [5.74, 6) is -0.774. The van der Waals surface area contributed by atoms with Gasteiger partial charge in [0.05, 0.1) is 5.69 Å². The van der Waals surface area contributed by atoms with Crippen molar-refractivity contribution in [2.75, 3.05) is 13.1 Å². The second kappa shape index (κ2) is 5.52. The number of alkyl halides is 3. The topological polar surface area (TPSA) is 73.0 Å². The number of tetrazole rings is 1. The van der Waals surface area contributed by atoms with Crippen LogP contribution in [-0.2, 0) is 4.79 Å². The molecule has 0 aliphatic carbocycles. The zero-order valence-corrected chi connectivity index (χ0v) is 11.8. The molecule has 0 N–H and O–H groups in total. The fourth-order valence-electron chi connectivity index (χ4n) is 2.51. The number of carbonyl (C=O) groups is 1. The predicted molar refractivity (Wildman–Crippen MR) is 71.9 cm³/mol. The summed E-state index contributed by atoms with van der Waals surface area (Å²) >= 11 is 0. The lowest BCUT2D eigenvalue weighted by atomic mass is 10.2. The average molecular weight is 327 g/mol. The van der Waals surface area contributed by atoms with Gasteiger partial charge in [0, 0.05) is 6.54 Å². The standard InChI is InChI=1S/C13H12F3N5O2/c14-13(15,16)8-19-7-6-10(11(19)22)21-12(23)20(17-18-21)9-4-2-1-3-5-9/h1-5,10H,6-8H2/t10-/m0/s1. The van der Waals surface area contributed by atoms with Gasteiger partial charge in [-0.15, -0.1) is 0 Å². The highest BCUT2D eigenvalue weighted by Crippen LogP contribution is 2.25. The maximum Gasteiger partial charge on any atom is 0.406 e. The molecule has 0 bridgehead atoms. The first kappa shape index (κ1) is 15.3. The zero-order valence-electron chi connectivity index (χ0n) is 11.8. The van der Waals surface area contributed by atoms with Crippen molar-refractivity contribution in [3.63, 3.8) is 0 Å². The van der Waals surface area contributed by atoms with Crippen LogP contribution in [0.5, 0.6) is 0 Å². The summed E-state index contributed by atoms with van der Waals surface area (Å²) in [4.78, 5) is 25.1.